The fourth-order valence-corrected chi connectivity index (χ4v) is 1.89. The highest BCUT2D eigenvalue weighted by Crippen LogP contribution is 2.22. The lowest BCUT2D eigenvalue weighted by molar-refractivity contribution is 0.354. The van der Waals surface area contributed by atoms with Gasteiger partial charge in [0.05, 0.1) is 17.3 Å². The Labute approximate surface area is 114 Å². The van der Waals surface area contributed by atoms with Crippen molar-refractivity contribution < 1.29 is 0 Å². The van der Waals surface area contributed by atoms with Gasteiger partial charge in [-0.1, -0.05) is 0 Å². The van der Waals surface area contributed by atoms with Crippen LogP contribution in [0.4, 0.5) is 5.95 Å². The third-order valence-electron chi connectivity index (χ3n) is 3.00. The van der Waals surface area contributed by atoms with E-state index in [-0.39, 0.29) is 11.6 Å². The van der Waals surface area contributed by atoms with E-state index in [0.717, 1.165) is 5.69 Å². The van der Waals surface area contributed by atoms with Crippen LogP contribution in [-0.4, -0.2) is 19.7 Å². The lowest BCUT2D eigenvalue weighted by atomic mass is 10.1. The number of nitrogens with zero attached hydrogens (tertiary/aromatic N) is 4. The summed E-state index contributed by atoms with van der Waals surface area (Å²) in [6.07, 6.45) is 5.55. The minimum Gasteiger partial charge on any atom is -0.348 e. The fourth-order valence-electron chi connectivity index (χ4n) is 1.89. The van der Waals surface area contributed by atoms with Gasteiger partial charge >= 0.3 is 0 Å². The predicted molar refractivity (Wildman–Crippen MR) is 76.0 cm³/mol. The number of hydrogen-bond acceptors (Lipinski definition) is 4. The van der Waals surface area contributed by atoms with Gasteiger partial charge in [-0.3, -0.25) is 4.68 Å². The van der Waals surface area contributed by atoms with E-state index in [2.05, 4.69) is 54.3 Å². The SMILES string of the molecule is Cc1nn(C(C)(C)C)cc1C(C)Nc1ncccn1. The van der Waals surface area contributed by atoms with Crippen LogP contribution in [0.1, 0.15) is 45.0 Å². The van der Waals surface area contributed by atoms with E-state index >= 15 is 0 Å². The molecule has 1 N–H and O–H groups in total. The summed E-state index contributed by atoms with van der Waals surface area (Å²) < 4.78 is 2.00. The first-order valence-electron chi connectivity index (χ1n) is 6.48. The van der Waals surface area contributed by atoms with Gasteiger partial charge in [0.15, 0.2) is 0 Å². The second-order valence-corrected chi connectivity index (χ2v) is 5.72. The molecular formula is C14H21N5. The molecule has 2 aromatic rings. The second-order valence-electron chi connectivity index (χ2n) is 5.72. The van der Waals surface area contributed by atoms with Crippen LogP contribution < -0.4 is 5.32 Å². The zero-order chi connectivity index (χ0) is 14.0. The van der Waals surface area contributed by atoms with Crippen LogP contribution in [0.2, 0.25) is 0 Å². The molecule has 19 heavy (non-hydrogen) atoms. The zero-order valence-electron chi connectivity index (χ0n) is 12.2. The Hall–Kier alpha value is -1.91. The lowest BCUT2D eigenvalue weighted by Crippen LogP contribution is -2.22. The van der Waals surface area contributed by atoms with Gasteiger partial charge in [-0.2, -0.15) is 5.10 Å². The summed E-state index contributed by atoms with van der Waals surface area (Å²) in [7, 11) is 0. The number of rotatable bonds is 3. The van der Waals surface area contributed by atoms with Crippen molar-refractivity contribution in [1.82, 2.24) is 19.7 Å². The summed E-state index contributed by atoms with van der Waals surface area (Å²) in [5.74, 6) is 0.637. The Morgan fingerprint density at radius 3 is 2.37 bits per heavy atom. The Morgan fingerprint density at radius 2 is 1.84 bits per heavy atom. The Morgan fingerprint density at radius 1 is 1.21 bits per heavy atom. The van der Waals surface area contributed by atoms with E-state index in [9.17, 15) is 0 Å². The van der Waals surface area contributed by atoms with Gasteiger partial charge in [-0.15, -0.1) is 0 Å². The van der Waals surface area contributed by atoms with Crippen molar-refractivity contribution in [2.24, 2.45) is 0 Å². The summed E-state index contributed by atoms with van der Waals surface area (Å²) >= 11 is 0. The summed E-state index contributed by atoms with van der Waals surface area (Å²) in [5, 5.41) is 7.87. The van der Waals surface area contributed by atoms with Crippen molar-refractivity contribution in [3.8, 4) is 0 Å². The number of hydrogen-bond donors (Lipinski definition) is 1. The molecule has 2 rings (SSSR count). The normalized spacial score (nSPS) is 13.3. The van der Waals surface area contributed by atoms with E-state index in [1.54, 1.807) is 18.5 Å². The fraction of sp³-hybridized carbons (Fsp3) is 0.500. The lowest BCUT2D eigenvalue weighted by Gasteiger charge is -2.19. The van der Waals surface area contributed by atoms with E-state index < -0.39 is 0 Å². The van der Waals surface area contributed by atoms with E-state index in [0.29, 0.717) is 5.95 Å². The standard InChI is InChI=1S/C14H21N5/c1-10(17-13-15-7-6-8-16-13)12-9-19(14(3,4)5)18-11(12)2/h6-10H,1-5H3,(H,15,16,17). The molecule has 5 nitrogen and oxygen atoms in total. The number of nitrogens with one attached hydrogen (secondary N) is 1. The molecule has 2 heterocycles. The van der Waals surface area contributed by atoms with Gasteiger partial charge < -0.3 is 5.32 Å². The quantitative estimate of drug-likeness (QED) is 0.920. The van der Waals surface area contributed by atoms with Crippen molar-refractivity contribution in [3.05, 3.63) is 35.9 Å². The molecule has 0 spiro atoms. The maximum Gasteiger partial charge on any atom is 0.223 e. The van der Waals surface area contributed by atoms with Crippen molar-refractivity contribution in [2.75, 3.05) is 5.32 Å². The highest BCUT2D eigenvalue weighted by molar-refractivity contribution is 5.31. The summed E-state index contributed by atoms with van der Waals surface area (Å²) in [5.41, 5.74) is 2.19. The largest absolute Gasteiger partial charge is 0.348 e. The van der Waals surface area contributed by atoms with E-state index in [1.165, 1.54) is 5.56 Å². The molecule has 1 unspecified atom stereocenters. The molecule has 1 atom stereocenters. The van der Waals surface area contributed by atoms with Crippen LogP contribution >= 0.6 is 0 Å². The van der Waals surface area contributed by atoms with Crippen LogP contribution in [0.15, 0.2) is 24.7 Å². The first kappa shape index (κ1) is 13.5. The smallest absolute Gasteiger partial charge is 0.223 e. The van der Waals surface area contributed by atoms with Crippen LogP contribution in [0.3, 0.4) is 0 Å². The van der Waals surface area contributed by atoms with Gasteiger partial charge in [0.2, 0.25) is 5.95 Å². The molecule has 0 radical (unpaired) electrons. The Bertz CT molecular complexity index is 539. The first-order chi connectivity index (χ1) is 8.88. The minimum absolute atomic E-state index is 0.00796. The van der Waals surface area contributed by atoms with E-state index in [4.69, 9.17) is 0 Å². The molecule has 0 bridgehead atoms. The molecule has 102 valence electrons. The topological polar surface area (TPSA) is 55.6 Å². The highest BCUT2D eigenvalue weighted by atomic mass is 15.3. The van der Waals surface area contributed by atoms with Gasteiger partial charge in [0.1, 0.15) is 0 Å². The number of aryl methyl sites for hydroxylation is 1. The first-order valence-corrected chi connectivity index (χ1v) is 6.48. The third-order valence-corrected chi connectivity index (χ3v) is 3.00. The molecule has 2 aromatic heterocycles. The van der Waals surface area contributed by atoms with Crippen LogP contribution in [-0.2, 0) is 5.54 Å². The molecular weight excluding hydrogens is 238 g/mol. The van der Waals surface area contributed by atoms with E-state index in [1.807, 2.05) is 11.6 Å². The molecule has 0 fully saturated rings. The number of anilines is 1. The Balaban J connectivity index is 2.20. The molecule has 0 saturated carbocycles. The van der Waals surface area contributed by atoms with Crippen LogP contribution in [0.5, 0.6) is 0 Å². The third kappa shape index (κ3) is 3.10. The van der Waals surface area contributed by atoms with Gasteiger partial charge in [0, 0.05) is 24.2 Å². The minimum atomic E-state index is -0.00796. The van der Waals surface area contributed by atoms with Crippen molar-refractivity contribution >= 4 is 5.95 Å². The van der Waals surface area contributed by atoms with Gasteiger partial charge in [-0.25, -0.2) is 9.97 Å². The average Bonchev–Trinajstić information content (AvgIpc) is 2.72. The molecule has 0 amide bonds. The maximum absolute atomic E-state index is 4.58. The van der Waals surface area contributed by atoms with Crippen LogP contribution in [0, 0.1) is 6.92 Å². The monoisotopic (exact) mass is 259 g/mol. The van der Waals surface area contributed by atoms with Crippen molar-refractivity contribution in [3.63, 3.8) is 0 Å². The second kappa shape index (κ2) is 4.99. The summed E-state index contributed by atoms with van der Waals surface area (Å²) in [6, 6.07) is 1.93. The predicted octanol–water partition coefficient (Wildman–Crippen LogP) is 2.91. The zero-order valence-corrected chi connectivity index (χ0v) is 12.2. The van der Waals surface area contributed by atoms with Crippen molar-refractivity contribution in [1.29, 1.82) is 0 Å². The average molecular weight is 259 g/mol. The molecule has 0 aliphatic heterocycles. The molecule has 0 saturated heterocycles. The summed E-state index contributed by atoms with van der Waals surface area (Å²) in [4.78, 5) is 8.36. The molecule has 0 aliphatic rings. The van der Waals surface area contributed by atoms with Gasteiger partial charge in [-0.05, 0) is 40.7 Å². The van der Waals surface area contributed by atoms with Gasteiger partial charge in [0.25, 0.3) is 0 Å². The summed E-state index contributed by atoms with van der Waals surface area (Å²) in [6.45, 7) is 10.5. The van der Waals surface area contributed by atoms with Crippen LogP contribution in [0.25, 0.3) is 0 Å². The molecule has 0 aromatic carbocycles. The van der Waals surface area contributed by atoms with Crippen molar-refractivity contribution in [2.45, 2.75) is 46.2 Å². The maximum atomic E-state index is 4.58. The Kier molecular flexibility index (Phi) is 3.55. The highest BCUT2D eigenvalue weighted by Gasteiger charge is 2.19. The molecule has 0 aliphatic carbocycles. The number of aromatic nitrogens is 4. The molecule has 5 heteroatoms.